The van der Waals surface area contributed by atoms with Crippen molar-refractivity contribution < 1.29 is 4.79 Å². The molecular formula is C14H22O. The Morgan fingerprint density at radius 1 is 1.60 bits per heavy atom. The normalized spacial score (nSPS) is 21.7. The van der Waals surface area contributed by atoms with E-state index in [1.165, 1.54) is 24.0 Å². The van der Waals surface area contributed by atoms with E-state index in [4.69, 9.17) is 0 Å². The Bertz CT molecular complexity index is 261. The van der Waals surface area contributed by atoms with Crippen LogP contribution in [0.25, 0.3) is 0 Å². The maximum absolute atomic E-state index is 10.3. The molecule has 1 heteroatoms. The standard InChI is InChI=1S/C14H22O/c1-11(2)9-13-6-7-14(5-4-8-15)12(3)10-13/h7-8,11,13H,3-6,9-10H2,1-2H3/t13-/m0/s1. The van der Waals surface area contributed by atoms with Crippen LogP contribution in [0.3, 0.4) is 0 Å². The van der Waals surface area contributed by atoms with Crippen molar-refractivity contribution in [3.63, 3.8) is 0 Å². The van der Waals surface area contributed by atoms with Crippen LogP contribution < -0.4 is 0 Å². The van der Waals surface area contributed by atoms with E-state index in [-0.39, 0.29) is 0 Å². The summed E-state index contributed by atoms with van der Waals surface area (Å²) in [5.74, 6) is 1.55. The van der Waals surface area contributed by atoms with Crippen LogP contribution in [0.5, 0.6) is 0 Å². The molecule has 0 amide bonds. The first-order valence-corrected chi connectivity index (χ1v) is 5.94. The summed E-state index contributed by atoms with van der Waals surface area (Å²) in [5, 5.41) is 0. The molecule has 0 unspecified atom stereocenters. The molecule has 0 spiro atoms. The zero-order valence-corrected chi connectivity index (χ0v) is 9.96. The van der Waals surface area contributed by atoms with Gasteiger partial charge in [-0.1, -0.05) is 32.1 Å². The SMILES string of the molecule is C=C1C[C@H](CC(C)C)CC=C1CCC=O. The molecular weight excluding hydrogens is 184 g/mol. The van der Waals surface area contributed by atoms with Crippen LogP contribution in [-0.4, -0.2) is 6.29 Å². The van der Waals surface area contributed by atoms with Gasteiger partial charge in [-0.15, -0.1) is 0 Å². The van der Waals surface area contributed by atoms with Crippen LogP contribution in [0, 0.1) is 11.8 Å². The highest BCUT2D eigenvalue weighted by Gasteiger charge is 2.17. The fraction of sp³-hybridized carbons (Fsp3) is 0.643. The Hall–Kier alpha value is -0.850. The van der Waals surface area contributed by atoms with E-state index >= 15 is 0 Å². The fourth-order valence-corrected chi connectivity index (χ4v) is 2.36. The second-order valence-electron chi connectivity index (χ2n) is 4.97. The van der Waals surface area contributed by atoms with Gasteiger partial charge in [0.1, 0.15) is 6.29 Å². The molecule has 0 heterocycles. The van der Waals surface area contributed by atoms with Crippen LogP contribution in [-0.2, 0) is 4.79 Å². The van der Waals surface area contributed by atoms with Crippen molar-refractivity contribution in [1.29, 1.82) is 0 Å². The minimum atomic E-state index is 0.639. The summed E-state index contributed by atoms with van der Waals surface area (Å²) in [6.45, 7) is 8.67. The number of aldehydes is 1. The minimum Gasteiger partial charge on any atom is -0.303 e. The Balaban J connectivity index is 2.47. The van der Waals surface area contributed by atoms with E-state index in [1.54, 1.807) is 0 Å². The molecule has 1 aliphatic rings. The number of rotatable bonds is 5. The second kappa shape index (κ2) is 5.89. The van der Waals surface area contributed by atoms with Gasteiger partial charge in [-0.25, -0.2) is 0 Å². The third-order valence-electron chi connectivity index (χ3n) is 3.02. The zero-order chi connectivity index (χ0) is 11.3. The van der Waals surface area contributed by atoms with E-state index in [9.17, 15) is 4.79 Å². The van der Waals surface area contributed by atoms with Gasteiger partial charge in [-0.05, 0) is 43.1 Å². The maximum Gasteiger partial charge on any atom is 0.120 e. The van der Waals surface area contributed by atoms with Crippen LogP contribution >= 0.6 is 0 Å². The molecule has 0 aromatic carbocycles. The molecule has 0 aromatic heterocycles. The lowest BCUT2D eigenvalue weighted by atomic mass is 9.81. The summed E-state index contributed by atoms with van der Waals surface area (Å²) in [4.78, 5) is 10.3. The predicted molar refractivity (Wildman–Crippen MR) is 64.7 cm³/mol. The van der Waals surface area contributed by atoms with Crippen LogP contribution in [0.1, 0.15) is 46.0 Å². The maximum atomic E-state index is 10.3. The smallest absolute Gasteiger partial charge is 0.120 e. The summed E-state index contributed by atoms with van der Waals surface area (Å²) in [6.07, 6.45) is 8.40. The second-order valence-corrected chi connectivity index (χ2v) is 4.97. The van der Waals surface area contributed by atoms with E-state index in [2.05, 4.69) is 26.5 Å². The fourth-order valence-electron chi connectivity index (χ4n) is 2.36. The van der Waals surface area contributed by atoms with Gasteiger partial charge in [-0.2, -0.15) is 0 Å². The molecule has 84 valence electrons. The number of allylic oxidation sites excluding steroid dienone is 3. The molecule has 0 aromatic rings. The average molecular weight is 206 g/mol. The minimum absolute atomic E-state index is 0.639. The van der Waals surface area contributed by atoms with Gasteiger partial charge >= 0.3 is 0 Å². The molecule has 0 radical (unpaired) electrons. The molecule has 0 fully saturated rings. The Morgan fingerprint density at radius 3 is 2.87 bits per heavy atom. The number of hydrogen-bond acceptors (Lipinski definition) is 1. The predicted octanol–water partition coefficient (Wildman–Crippen LogP) is 3.90. The molecule has 1 aliphatic carbocycles. The van der Waals surface area contributed by atoms with Crippen LogP contribution in [0.2, 0.25) is 0 Å². The quantitative estimate of drug-likeness (QED) is 0.623. The van der Waals surface area contributed by atoms with Crippen molar-refractivity contribution in [2.75, 3.05) is 0 Å². The van der Waals surface area contributed by atoms with Crippen molar-refractivity contribution >= 4 is 6.29 Å². The molecule has 15 heavy (non-hydrogen) atoms. The average Bonchev–Trinajstić information content (AvgIpc) is 2.15. The van der Waals surface area contributed by atoms with E-state index < -0.39 is 0 Å². The molecule has 0 aliphatic heterocycles. The van der Waals surface area contributed by atoms with Crippen molar-refractivity contribution in [3.05, 3.63) is 23.8 Å². The van der Waals surface area contributed by atoms with Crippen molar-refractivity contribution in [3.8, 4) is 0 Å². The number of hydrogen-bond donors (Lipinski definition) is 0. The van der Waals surface area contributed by atoms with E-state index in [0.717, 1.165) is 31.0 Å². The van der Waals surface area contributed by atoms with Gasteiger partial charge in [0.15, 0.2) is 0 Å². The lowest BCUT2D eigenvalue weighted by Crippen LogP contribution is -2.10. The van der Waals surface area contributed by atoms with Crippen molar-refractivity contribution in [1.82, 2.24) is 0 Å². The lowest BCUT2D eigenvalue weighted by Gasteiger charge is -2.25. The molecule has 1 rings (SSSR count). The summed E-state index contributed by atoms with van der Waals surface area (Å²) in [5.41, 5.74) is 2.58. The number of carbonyl (C=O) groups is 1. The first-order chi connectivity index (χ1) is 7.13. The van der Waals surface area contributed by atoms with Gasteiger partial charge in [0.2, 0.25) is 0 Å². The molecule has 0 bridgehead atoms. The Morgan fingerprint density at radius 2 is 2.33 bits per heavy atom. The van der Waals surface area contributed by atoms with Gasteiger partial charge in [0.25, 0.3) is 0 Å². The third kappa shape index (κ3) is 4.03. The van der Waals surface area contributed by atoms with Gasteiger partial charge < -0.3 is 4.79 Å². The topological polar surface area (TPSA) is 17.1 Å². The summed E-state index contributed by atoms with van der Waals surface area (Å²) in [6, 6.07) is 0. The van der Waals surface area contributed by atoms with Crippen LogP contribution in [0.15, 0.2) is 23.8 Å². The number of carbonyl (C=O) groups excluding carboxylic acids is 1. The molecule has 1 atom stereocenters. The molecule has 0 saturated carbocycles. The highest BCUT2D eigenvalue weighted by Crippen LogP contribution is 2.33. The van der Waals surface area contributed by atoms with Gasteiger partial charge in [0.05, 0.1) is 0 Å². The third-order valence-corrected chi connectivity index (χ3v) is 3.02. The van der Waals surface area contributed by atoms with Crippen molar-refractivity contribution in [2.24, 2.45) is 11.8 Å². The summed E-state index contributed by atoms with van der Waals surface area (Å²) >= 11 is 0. The molecule has 1 nitrogen and oxygen atoms in total. The largest absolute Gasteiger partial charge is 0.303 e. The van der Waals surface area contributed by atoms with Crippen LogP contribution in [0.4, 0.5) is 0 Å². The molecule has 0 saturated heterocycles. The Kier molecular flexibility index (Phi) is 4.80. The van der Waals surface area contributed by atoms with Gasteiger partial charge in [-0.3, -0.25) is 0 Å². The summed E-state index contributed by atoms with van der Waals surface area (Å²) < 4.78 is 0. The Labute approximate surface area is 93.3 Å². The first kappa shape index (κ1) is 12.2. The highest BCUT2D eigenvalue weighted by molar-refractivity contribution is 5.51. The lowest BCUT2D eigenvalue weighted by molar-refractivity contribution is -0.107. The summed E-state index contributed by atoms with van der Waals surface area (Å²) in [7, 11) is 0. The first-order valence-electron chi connectivity index (χ1n) is 5.94. The van der Waals surface area contributed by atoms with Crippen molar-refractivity contribution in [2.45, 2.75) is 46.0 Å². The van der Waals surface area contributed by atoms with E-state index in [1.807, 2.05) is 0 Å². The monoisotopic (exact) mass is 206 g/mol. The van der Waals surface area contributed by atoms with E-state index in [0.29, 0.717) is 6.42 Å². The molecule has 0 N–H and O–H groups in total. The van der Waals surface area contributed by atoms with Gasteiger partial charge in [0, 0.05) is 6.42 Å². The zero-order valence-electron chi connectivity index (χ0n) is 9.96. The highest BCUT2D eigenvalue weighted by atomic mass is 16.1.